The Kier molecular flexibility index (Phi) is 3.84. The van der Waals surface area contributed by atoms with Gasteiger partial charge in [0.1, 0.15) is 11.4 Å². The van der Waals surface area contributed by atoms with Crippen LogP contribution in [-0.2, 0) is 10.3 Å². The maximum absolute atomic E-state index is 13.7. The van der Waals surface area contributed by atoms with Gasteiger partial charge in [0.25, 0.3) is 5.89 Å². The summed E-state index contributed by atoms with van der Waals surface area (Å²) in [5.74, 6) is -0.317. The highest BCUT2D eigenvalue weighted by Crippen LogP contribution is 2.30. The van der Waals surface area contributed by atoms with Crippen LogP contribution in [0, 0.1) is 5.82 Å². The van der Waals surface area contributed by atoms with Crippen LogP contribution in [0.5, 0.6) is 0 Å². The molecule has 102 valence electrons. The zero-order valence-electron chi connectivity index (χ0n) is 10.5. The molecule has 2 rings (SSSR count). The molecule has 7 heteroatoms. The molecule has 0 aliphatic carbocycles. The molecule has 0 fully saturated rings. The average Bonchev–Trinajstić information content (AvgIpc) is 2.78. The third-order valence-corrected chi connectivity index (χ3v) is 2.87. The quantitative estimate of drug-likeness (QED) is 0.933. The van der Waals surface area contributed by atoms with Crippen LogP contribution < -0.4 is 5.73 Å². The van der Waals surface area contributed by atoms with E-state index in [4.69, 9.17) is 26.6 Å². The molecule has 1 aromatic carbocycles. The molecule has 0 amide bonds. The number of nitrogens with two attached hydrogens (primary N) is 1. The lowest BCUT2D eigenvalue weighted by Crippen LogP contribution is -2.38. The van der Waals surface area contributed by atoms with Gasteiger partial charge in [-0.25, -0.2) is 4.39 Å². The molecule has 1 heterocycles. The molecule has 2 N–H and O–H groups in total. The Hall–Kier alpha value is -1.50. The summed E-state index contributed by atoms with van der Waals surface area (Å²) in [7, 11) is 1.51. The summed E-state index contributed by atoms with van der Waals surface area (Å²) in [6.07, 6.45) is 0. The standard InChI is InChI=1S/C12H13ClFN3O2/c1-12(15,6-18-2)11-16-10(19-17-11)9-7(13)4-3-5-8(9)14/h3-5H,6,15H2,1-2H3. The summed E-state index contributed by atoms with van der Waals surface area (Å²) in [5.41, 5.74) is 5.12. The summed E-state index contributed by atoms with van der Waals surface area (Å²) in [6.45, 7) is 1.89. The van der Waals surface area contributed by atoms with E-state index in [0.717, 1.165) is 0 Å². The van der Waals surface area contributed by atoms with Crippen LogP contribution in [-0.4, -0.2) is 23.9 Å². The van der Waals surface area contributed by atoms with E-state index in [1.54, 1.807) is 13.0 Å². The molecule has 0 bridgehead atoms. The van der Waals surface area contributed by atoms with E-state index in [9.17, 15) is 4.39 Å². The van der Waals surface area contributed by atoms with Crippen LogP contribution >= 0.6 is 11.6 Å². The number of methoxy groups -OCH3 is 1. The molecule has 19 heavy (non-hydrogen) atoms. The van der Waals surface area contributed by atoms with Crippen LogP contribution in [0.2, 0.25) is 5.02 Å². The summed E-state index contributed by atoms with van der Waals surface area (Å²) in [5, 5.41) is 3.94. The SMILES string of the molecule is COCC(C)(N)c1noc(-c2c(F)cccc2Cl)n1. The number of ether oxygens (including phenoxy) is 1. The predicted molar refractivity (Wildman–Crippen MR) is 68.1 cm³/mol. The van der Waals surface area contributed by atoms with E-state index < -0.39 is 11.4 Å². The van der Waals surface area contributed by atoms with Crippen LogP contribution in [0.3, 0.4) is 0 Å². The minimum absolute atomic E-state index is 0.00845. The van der Waals surface area contributed by atoms with Gasteiger partial charge in [0.15, 0.2) is 5.82 Å². The topological polar surface area (TPSA) is 74.2 Å². The molecule has 0 radical (unpaired) electrons. The second-order valence-electron chi connectivity index (χ2n) is 4.37. The number of hydrogen-bond donors (Lipinski definition) is 1. The van der Waals surface area contributed by atoms with Gasteiger partial charge >= 0.3 is 0 Å². The van der Waals surface area contributed by atoms with Crippen molar-refractivity contribution in [3.8, 4) is 11.5 Å². The lowest BCUT2D eigenvalue weighted by atomic mass is 10.1. The van der Waals surface area contributed by atoms with Crippen molar-refractivity contribution in [3.63, 3.8) is 0 Å². The molecular formula is C12H13ClFN3O2. The molecule has 1 aromatic heterocycles. The Morgan fingerprint density at radius 1 is 1.53 bits per heavy atom. The fourth-order valence-corrected chi connectivity index (χ4v) is 1.87. The maximum Gasteiger partial charge on any atom is 0.262 e. The molecule has 0 saturated carbocycles. The van der Waals surface area contributed by atoms with Crippen molar-refractivity contribution in [2.75, 3.05) is 13.7 Å². The normalized spacial score (nSPS) is 14.4. The summed E-state index contributed by atoms with van der Waals surface area (Å²) in [6, 6.07) is 4.30. The van der Waals surface area contributed by atoms with Gasteiger partial charge in [0.2, 0.25) is 0 Å². The van der Waals surface area contributed by atoms with Crippen molar-refractivity contribution < 1.29 is 13.7 Å². The highest BCUT2D eigenvalue weighted by molar-refractivity contribution is 6.33. The van der Waals surface area contributed by atoms with Gasteiger partial charge < -0.3 is 15.0 Å². The molecule has 1 atom stereocenters. The van der Waals surface area contributed by atoms with Crippen LogP contribution in [0.15, 0.2) is 22.7 Å². The Balaban J connectivity index is 2.42. The van der Waals surface area contributed by atoms with Crippen molar-refractivity contribution in [2.24, 2.45) is 5.73 Å². The fraction of sp³-hybridized carbons (Fsp3) is 0.333. The smallest absolute Gasteiger partial charge is 0.262 e. The molecule has 1 unspecified atom stereocenters. The van der Waals surface area contributed by atoms with Crippen molar-refractivity contribution in [2.45, 2.75) is 12.5 Å². The first-order valence-electron chi connectivity index (χ1n) is 5.52. The van der Waals surface area contributed by atoms with E-state index >= 15 is 0 Å². The van der Waals surface area contributed by atoms with E-state index in [0.29, 0.717) is 0 Å². The predicted octanol–water partition coefficient (Wildman–Crippen LogP) is 2.35. The Labute approximate surface area is 114 Å². The van der Waals surface area contributed by atoms with Gasteiger partial charge in [0, 0.05) is 7.11 Å². The van der Waals surface area contributed by atoms with Crippen molar-refractivity contribution in [3.05, 3.63) is 34.9 Å². The zero-order chi connectivity index (χ0) is 14.0. The molecule has 0 aliphatic heterocycles. The number of halogens is 2. The Morgan fingerprint density at radius 3 is 2.89 bits per heavy atom. The van der Waals surface area contributed by atoms with Gasteiger partial charge in [-0.15, -0.1) is 0 Å². The summed E-state index contributed by atoms with van der Waals surface area (Å²) >= 11 is 5.93. The Bertz CT molecular complexity index is 566. The van der Waals surface area contributed by atoms with E-state index in [2.05, 4.69) is 10.1 Å². The summed E-state index contributed by atoms with van der Waals surface area (Å²) < 4.78 is 23.7. The van der Waals surface area contributed by atoms with Crippen LogP contribution in [0.4, 0.5) is 4.39 Å². The van der Waals surface area contributed by atoms with Crippen molar-refractivity contribution in [1.82, 2.24) is 10.1 Å². The minimum Gasteiger partial charge on any atom is -0.382 e. The monoisotopic (exact) mass is 285 g/mol. The van der Waals surface area contributed by atoms with Gasteiger partial charge in [-0.1, -0.05) is 22.8 Å². The van der Waals surface area contributed by atoms with Crippen molar-refractivity contribution >= 4 is 11.6 Å². The number of benzene rings is 1. The summed E-state index contributed by atoms with van der Waals surface area (Å²) in [4.78, 5) is 4.09. The molecule has 0 saturated heterocycles. The third-order valence-electron chi connectivity index (χ3n) is 2.56. The first-order chi connectivity index (χ1) is 8.95. The second-order valence-corrected chi connectivity index (χ2v) is 4.78. The number of rotatable bonds is 4. The molecule has 5 nitrogen and oxygen atoms in total. The maximum atomic E-state index is 13.7. The average molecular weight is 286 g/mol. The Morgan fingerprint density at radius 2 is 2.26 bits per heavy atom. The molecule has 0 aliphatic rings. The van der Waals surface area contributed by atoms with Gasteiger partial charge in [0.05, 0.1) is 17.2 Å². The second kappa shape index (κ2) is 5.24. The molecule has 0 spiro atoms. The number of nitrogens with zero attached hydrogens (tertiary/aromatic N) is 2. The first kappa shape index (κ1) is 13.9. The van der Waals surface area contributed by atoms with Gasteiger partial charge in [-0.3, -0.25) is 0 Å². The highest BCUT2D eigenvalue weighted by Gasteiger charge is 2.28. The van der Waals surface area contributed by atoms with Crippen LogP contribution in [0.1, 0.15) is 12.7 Å². The van der Waals surface area contributed by atoms with Gasteiger partial charge in [-0.05, 0) is 19.1 Å². The molecular weight excluding hydrogens is 273 g/mol. The minimum atomic E-state index is -0.922. The van der Waals surface area contributed by atoms with E-state index in [1.807, 2.05) is 0 Å². The van der Waals surface area contributed by atoms with Gasteiger partial charge in [-0.2, -0.15) is 4.98 Å². The van der Waals surface area contributed by atoms with E-state index in [1.165, 1.54) is 19.2 Å². The zero-order valence-corrected chi connectivity index (χ0v) is 11.2. The largest absolute Gasteiger partial charge is 0.382 e. The van der Waals surface area contributed by atoms with Crippen LogP contribution in [0.25, 0.3) is 11.5 Å². The number of aromatic nitrogens is 2. The van der Waals surface area contributed by atoms with E-state index in [-0.39, 0.29) is 28.9 Å². The lowest BCUT2D eigenvalue weighted by Gasteiger charge is -2.18. The number of hydrogen-bond acceptors (Lipinski definition) is 5. The first-order valence-corrected chi connectivity index (χ1v) is 5.90. The highest BCUT2D eigenvalue weighted by atomic mass is 35.5. The molecule has 2 aromatic rings. The third kappa shape index (κ3) is 2.75. The lowest BCUT2D eigenvalue weighted by molar-refractivity contribution is 0.135. The fourth-order valence-electron chi connectivity index (χ4n) is 1.62. The van der Waals surface area contributed by atoms with Crippen molar-refractivity contribution in [1.29, 1.82) is 0 Å².